The van der Waals surface area contributed by atoms with Crippen LogP contribution in [0.2, 0.25) is 5.02 Å². The lowest BCUT2D eigenvalue weighted by molar-refractivity contribution is -0.116. The third-order valence-corrected chi connectivity index (χ3v) is 5.97. The SMILES string of the molecule is CCn1c(CC(=O)Nc2ccccc2OC)nnc1SCC(=O)Nc1ccc(C)c(Cl)c1. The molecule has 0 aliphatic carbocycles. The standard InChI is InChI=1S/C22H24ClN5O3S/c1-4-28-19(12-20(29)25-17-7-5-6-8-18(17)31-3)26-27-22(28)32-13-21(30)24-15-10-9-14(2)16(23)11-15/h5-11H,4,12-13H2,1-3H3,(H,24,30)(H,25,29). The molecule has 0 unspecified atom stereocenters. The third kappa shape index (κ3) is 6.02. The van der Waals surface area contributed by atoms with Gasteiger partial charge in [0.15, 0.2) is 5.16 Å². The molecule has 1 aromatic heterocycles. The van der Waals surface area contributed by atoms with E-state index in [0.29, 0.717) is 39.7 Å². The summed E-state index contributed by atoms with van der Waals surface area (Å²) in [5, 5.41) is 15.1. The largest absolute Gasteiger partial charge is 0.495 e. The summed E-state index contributed by atoms with van der Waals surface area (Å²) in [6, 6.07) is 12.5. The van der Waals surface area contributed by atoms with Crippen LogP contribution in [0.15, 0.2) is 47.6 Å². The van der Waals surface area contributed by atoms with Crippen molar-refractivity contribution in [2.45, 2.75) is 32.0 Å². The molecule has 32 heavy (non-hydrogen) atoms. The van der Waals surface area contributed by atoms with E-state index in [1.165, 1.54) is 11.8 Å². The van der Waals surface area contributed by atoms with Gasteiger partial charge in [0.1, 0.15) is 11.6 Å². The zero-order valence-corrected chi connectivity index (χ0v) is 19.6. The van der Waals surface area contributed by atoms with Crippen LogP contribution in [-0.4, -0.2) is 39.4 Å². The number of hydrogen-bond donors (Lipinski definition) is 2. The molecule has 0 bridgehead atoms. The van der Waals surface area contributed by atoms with Crippen LogP contribution in [0, 0.1) is 6.92 Å². The van der Waals surface area contributed by atoms with Gasteiger partial charge in [-0.25, -0.2) is 0 Å². The Hall–Kier alpha value is -3.04. The number of carbonyl (C=O) groups excluding carboxylic acids is 2. The van der Waals surface area contributed by atoms with Crippen LogP contribution < -0.4 is 15.4 Å². The predicted octanol–water partition coefficient (Wildman–Crippen LogP) is 4.18. The number of hydrogen-bond acceptors (Lipinski definition) is 6. The molecule has 8 nitrogen and oxygen atoms in total. The number of methoxy groups -OCH3 is 1. The number of thioether (sulfide) groups is 1. The van der Waals surface area contributed by atoms with Crippen LogP contribution in [0.4, 0.5) is 11.4 Å². The van der Waals surface area contributed by atoms with Crippen LogP contribution in [0.3, 0.4) is 0 Å². The first-order valence-corrected chi connectivity index (χ1v) is 11.3. The number of para-hydroxylation sites is 2. The smallest absolute Gasteiger partial charge is 0.234 e. The summed E-state index contributed by atoms with van der Waals surface area (Å²) in [4.78, 5) is 24.8. The van der Waals surface area contributed by atoms with Crippen LogP contribution in [0.25, 0.3) is 0 Å². The van der Waals surface area contributed by atoms with Gasteiger partial charge in [-0.2, -0.15) is 0 Å². The van der Waals surface area contributed by atoms with E-state index in [4.69, 9.17) is 16.3 Å². The maximum atomic E-state index is 12.5. The van der Waals surface area contributed by atoms with E-state index in [2.05, 4.69) is 20.8 Å². The fraction of sp³-hybridized carbons (Fsp3) is 0.273. The summed E-state index contributed by atoms with van der Waals surface area (Å²) in [6.45, 7) is 4.40. The molecule has 0 spiro atoms. The molecule has 168 valence electrons. The zero-order valence-electron chi connectivity index (χ0n) is 18.0. The molecule has 10 heteroatoms. The summed E-state index contributed by atoms with van der Waals surface area (Å²) in [5.74, 6) is 0.832. The van der Waals surface area contributed by atoms with Crippen molar-refractivity contribution in [1.29, 1.82) is 0 Å². The highest BCUT2D eigenvalue weighted by Gasteiger charge is 2.17. The average molecular weight is 474 g/mol. The Labute approximate surface area is 195 Å². The molecule has 2 N–H and O–H groups in total. The van der Waals surface area contributed by atoms with Crippen LogP contribution in [-0.2, 0) is 22.6 Å². The number of aryl methyl sites for hydroxylation is 1. The van der Waals surface area contributed by atoms with Gasteiger partial charge in [-0.05, 0) is 43.7 Å². The number of ether oxygens (including phenoxy) is 1. The summed E-state index contributed by atoms with van der Waals surface area (Å²) in [6.07, 6.45) is 0.0491. The first kappa shape index (κ1) is 23.6. The van der Waals surface area contributed by atoms with Crippen molar-refractivity contribution in [2.24, 2.45) is 0 Å². The second-order valence-electron chi connectivity index (χ2n) is 6.87. The molecule has 3 rings (SSSR count). The maximum Gasteiger partial charge on any atom is 0.234 e. The van der Waals surface area contributed by atoms with Gasteiger partial charge in [0.2, 0.25) is 11.8 Å². The second kappa shape index (κ2) is 11.0. The van der Waals surface area contributed by atoms with E-state index in [0.717, 1.165) is 5.56 Å². The Morgan fingerprint density at radius 3 is 2.62 bits per heavy atom. The van der Waals surface area contributed by atoms with Crippen molar-refractivity contribution in [3.05, 3.63) is 58.9 Å². The summed E-state index contributed by atoms with van der Waals surface area (Å²) in [7, 11) is 1.55. The van der Waals surface area contributed by atoms with E-state index < -0.39 is 0 Å². The minimum absolute atomic E-state index is 0.0491. The van der Waals surface area contributed by atoms with Crippen LogP contribution in [0.1, 0.15) is 18.3 Å². The molecule has 0 atom stereocenters. The van der Waals surface area contributed by atoms with Crippen molar-refractivity contribution in [2.75, 3.05) is 23.5 Å². The molecule has 0 saturated heterocycles. The van der Waals surface area contributed by atoms with Gasteiger partial charge in [0.25, 0.3) is 0 Å². The molecule has 0 radical (unpaired) electrons. The fourth-order valence-corrected chi connectivity index (χ4v) is 3.96. The molecular formula is C22H24ClN5O3S. The molecule has 1 heterocycles. The van der Waals surface area contributed by atoms with Gasteiger partial charge in [0.05, 0.1) is 25.0 Å². The topological polar surface area (TPSA) is 98.1 Å². The van der Waals surface area contributed by atoms with E-state index in [-0.39, 0.29) is 24.0 Å². The van der Waals surface area contributed by atoms with Gasteiger partial charge in [-0.15, -0.1) is 10.2 Å². The third-order valence-electron chi connectivity index (χ3n) is 4.60. The molecule has 0 saturated carbocycles. The Morgan fingerprint density at radius 1 is 1.12 bits per heavy atom. The summed E-state index contributed by atoms with van der Waals surface area (Å²) < 4.78 is 7.08. The number of amides is 2. The Bertz CT molecular complexity index is 1120. The van der Waals surface area contributed by atoms with Crippen molar-refractivity contribution in [3.63, 3.8) is 0 Å². The second-order valence-corrected chi connectivity index (χ2v) is 8.22. The number of carbonyl (C=O) groups is 2. The van der Waals surface area contributed by atoms with Crippen LogP contribution in [0.5, 0.6) is 5.75 Å². The molecule has 2 aromatic carbocycles. The highest BCUT2D eigenvalue weighted by atomic mass is 35.5. The fourth-order valence-electron chi connectivity index (χ4n) is 2.96. The number of benzene rings is 2. The van der Waals surface area contributed by atoms with Gasteiger partial charge >= 0.3 is 0 Å². The van der Waals surface area contributed by atoms with Gasteiger partial charge in [0, 0.05) is 17.3 Å². The van der Waals surface area contributed by atoms with Gasteiger partial charge < -0.3 is 19.9 Å². The number of aromatic nitrogens is 3. The van der Waals surface area contributed by atoms with E-state index >= 15 is 0 Å². The molecular weight excluding hydrogens is 450 g/mol. The van der Waals surface area contributed by atoms with Gasteiger partial charge in [-0.3, -0.25) is 9.59 Å². The number of nitrogens with zero attached hydrogens (tertiary/aromatic N) is 3. The minimum atomic E-state index is -0.234. The molecule has 0 aliphatic rings. The number of nitrogens with one attached hydrogen (secondary N) is 2. The summed E-state index contributed by atoms with van der Waals surface area (Å²) >= 11 is 7.36. The molecule has 0 fully saturated rings. The van der Waals surface area contributed by atoms with E-state index in [1.54, 1.807) is 31.4 Å². The average Bonchev–Trinajstić information content (AvgIpc) is 3.16. The Kier molecular flexibility index (Phi) is 8.13. The number of rotatable bonds is 9. The van der Waals surface area contributed by atoms with Gasteiger partial charge in [-0.1, -0.05) is 41.6 Å². The lowest BCUT2D eigenvalue weighted by Gasteiger charge is -2.10. The first-order valence-electron chi connectivity index (χ1n) is 9.95. The normalized spacial score (nSPS) is 10.6. The molecule has 2 amide bonds. The van der Waals surface area contributed by atoms with Crippen molar-refractivity contribution in [1.82, 2.24) is 14.8 Å². The van der Waals surface area contributed by atoms with E-state index in [1.807, 2.05) is 36.6 Å². The quantitative estimate of drug-likeness (QED) is 0.452. The molecule has 0 aliphatic heterocycles. The van der Waals surface area contributed by atoms with Crippen molar-refractivity contribution < 1.29 is 14.3 Å². The Balaban J connectivity index is 1.59. The number of anilines is 2. The lowest BCUT2D eigenvalue weighted by Crippen LogP contribution is -2.18. The number of halogens is 1. The molecule has 3 aromatic rings. The highest BCUT2D eigenvalue weighted by molar-refractivity contribution is 7.99. The van der Waals surface area contributed by atoms with Crippen LogP contribution >= 0.6 is 23.4 Å². The Morgan fingerprint density at radius 2 is 1.91 bits per heavy atom. The monoisotopic (exact) mass is 473 g/mol. The maximum absolute atomic E-state index is 12.5. The predicted molar refractivity (Wildman–Crippen MR) is 127 cm³/mol. The highest BCUT2D eigenvalue weighted by Crippen LogP contribution is 2.24. The minimum Gasteiger partial charge on any atom is -0.495 e. The first-order chi connectivity index (χ1) is 15.4. The van der Waals surface area contributed by atoms with Crippen molar-refractivity contribution in [3.8, 4) is 5.75 Å². The van der Waals surface area contributed by atoms with E-state index in [9.17, 15) is 9.59 Å². The lowest BCUT2D eigenvalue weighted by atomic mass is 10.2. The van der Waals surface area contributed by atoms with Crippen molar-refractivity contribution >= 4 is 46.6 Å². The summed E-state index contributed by atoms with van der Waals surface area (Å²) in [5.41, 5.74) is 2.17. The zero-order chi connectivity index (χ0) is 23.1.